The Kier molecular flexibility index (Phi) is 4.30. The van der Waals surface area contributed by atoms with E-state index in [2.05, 4.69) is 4.98 Å². The highest BCUT2D eigenvalue weighted by molar-refractivity contribution is 7.92. The molecule has 1 aromatic heterocycles. The van der Waals surface area contributed by atoms with Crippen molar-refractivity contribution in [3.8, 4) is 0 Å². The molecule has 20 heavy (non-hydrogen) atoms. The maximum Gasteiger partial charge on any atom is 0.264 e. The van der Waals surface area contributed by atoms with Gasteiger partial charge in [0.15, 0.2) is 0 Å². The quantitative estimate of drug-likeness (QED) is 0.814. The Hall–Kier alpha value is -1.59. The van der Waals surface area contributed by atoms with Crippen LogP contribution in [-0.4, -0.2) is 19.9 Å². The minimum absolute atomic E-state index is 0.139. The summed E-state index contributed by atoms with van der Waals surface area (Å²) in [4.78, 5) is 3.94. The molecule has 0 amide bonds. The zero-order valence-corrected chi connectivity index (χ0v) is 12.8. The van der Waals surface area contributed by atoms with Crippen molar-refractivity contribution in [2.24, 2.45) is 0 Å². The molecular formula is C14H15ClN2O2S. The third-order valence-corrected chi connectivity index (χ3v) is 5.00. The molecule has 0 saturated heterocycles. The van der Waals surface area contributed by atoms with Gasteiger partial charge in [0, 0.05) is 12.7 Å². The first-order chi connectivity index (χ1) is 9.45. The van der Waals surface area contributed by atoms with Crippen LogP contribution in [0.3, 0.4) is 0 Å². The summed E-state index contributed by atoms with van der Waals surface area (Å²) >= 11 is 5.77. The van der Waals surface area contributed by atoms with Gasteiger partial charge in [-0.15, -0.1) is 0 Å². The number of hydrogen-bond donors (Lipinski definition) is 0. The van der Waals surface area contributed by atoms with Crippen LogP contribution in [0.2, 0.25) is 5.15 Å². The number of nitrogens with zero attached hydrogens (tertiary/aromatic N) is 2. The summed E-state index contributed by atoms with van der Waals surface area (Å²) in [5.74, 6) is 0. The zero-order valence-electron chi connectivity index (χ0n) is 11.2. The highest BCUT2D eigenvalue weighted by Crippen LogP contribution is 2.24. The van der Waals surface area contributed by atoms with Crippen molar-refractivity contribution in [2.45, 2.75) is 18.7 Å². The molecule has 2 rings (SSSR count). The average molecular weight is 311 g/mol. The molecule has 0 bridgehead atoms. The van der Waals surface area contributed by atoms with E-state index in [0.29, 0.717) is 12.2 Å². The Morgan fingerprint density at radius 3 is 2.40 bits per heavy atom. The third-order valence-electron chi connectivity index (χ3n) is 2.90. The van der Waals surface area contributed by atoms with E-state index >= 15 is 0 Å². The molecule has 0 unspecified atom stereocenters. The fourth-order valence-corrected chi connectivity index (χ4v) is 3.60. The van der Waals surface area contributed by atoms with Gasteiger partial charge in [-0.1, -0.05) is 29.3 Å². The number of rotatable bonds is 4. The van der Waals surface area contributed by atoms with Gasteiger partial charge in [-0.05, 0) is 38.1 Å². The van der Waals surface area contributed by atoms with Crippen molar-refractivity contribution in [1.29, 1.82) is 0 Å². The summed E-state index contributed by atoms with van der Waals surface area (Å²) < 4.78 is 26.6. The fraction of sp³-hybridized carbons (Fsp3) is 0.214. The van der Waals surface area contributed by atoms with E-state index in [-0.39, 0.29) is 10.0 Å². The lowest BCUT2D eigenvalue weighted by Gasteiger charge is -2.23. The predicted octanol–water partition coefficient (Wildman–Crippen LogP) is 3.26. The Morgan fingerprint density at radius 1 is 1.20 bits per heavy atom. The second-order valence-electron chi connectivity index (χ2n) is 4.32. The van der Waals surface area contributed by atoms with Crippen molar-refractivity contribution in [3.63, 3.8) is 0 Å². The fourth-order valence-electron chi connectivity index (χ4n) is 1.87. The topological polar surface area (TPSA) is 50.3 Å². The smallest absolute Gasteiger partial charge is 0.264 e. The van der Waals surface area contributed by atoms with Crippen molar-refractivity contribution < 1.29 is 8.42 Å². The first-order valence-electron chi connectivity index (χ1n) is 6.16. The van der Waals surface area contributed by atoms with E-state index in [1.807, 2.05) is 19.1 Å². The molecule has 0 N–H and O–H groups in total. The number of hydrogen-bond acceptors (Lipinski definition) is 3. The molecule has 0 saturated carbocycles. The Labute approximate surface area is 124 Å². The lowest BCUT2D eigenvalue weighted by Crippen LogP contribution is -2.30. The van der Waals surface area contributed by atoms with Gasteiger partial charge in [0.1, 0.15) is 5.15 Å². The van der Waals surface area contributed by atoms with E-state index in [1.54, 1.807) is 19.1 Å². The number of aromatic nitrogens is 1. The minimum Gasteiger partial charge on any atom is -0.267 e. The van der Waals surface area contributed by atoms with Crippen LogP contribution in [0.15, 0.2) is 47.5 Å². The summed E-state index contributed by atoms with van der Waals surface area (Å²) in [5, 5.41) is 0.158. The Bertz CT molecular complexity index is 699. The van der Waals surface area contributed by atoms with Gasteiger partial charge in [-0.3, -0.25) is 4.31 Å². The van der Waals surface area contributed by atoms with Gasteiger partial charge >= 0.3 is 0 Å². The van der Waals surface area contributed by atoms with E-state index < -0.39 is 10.0 Å². The molecule has 0 radical (unpaired) electrons. The lowest BCUT2D eigenvalue weighted by molar-refractivity contribution is 0.591. The molecule has 0 aliphatic carbocycles. The number of halogens is 1. The molecule has 1 heterocycles. The summed E-state index contributed by atoms with van der Waals surface area (Å²) in [6.07, 6.45) is 1.39. The minimum atomic E-state index is -3.63. The number of benzene rings is 1. The van der Waals surface area contributed by atoms with Crippen molar-refractivity contribution in [3.05, 3.63) is 53.3 Å². The van der Waals surface area contributed by atoms with Crippen molar-refractivity contribution in [1.82, 2.24) is 4.98 Å². The highest BCUT2D eigenvalue weighted by Gasteiger charge is 2.23. The van der Waals surface area contributed by atoms with Gasteiger partial charge in [-0.25, -0.2) is 13.4 Å². The first-order valence-corrected chi connectivity index (χ1v) is 7.98. The maximum atomic E-state index is 12.6. The molecule has 0 spiro atoms. The summed E-state index contributed by atoms with van der Waals surface area (Å²) in [5.41, 5.74) is 1.71. The van der Waals surface area contributed by atoms with Crippen LogP contribution < -0.4 is 4.31 Å². The molecule has 0 atom stereocenters. The van der Waals surface area contributed by atoms with Crippen molar-refractivity contribution >= 4 is 27.3 Å². The normalized spacial score (nSPS) is 11.3. The average Bonchev–Trinajstić information content (AvgIpc) is 2.41. The van der Waals surface area contributed by atoms with Crippen LogP contribution in [0.1, 0.15) is 12.5 Å². The van der Waals surface area contributed by atoms with Gasteiger partial charge in [0.2, 0.25) is 0 Å². The molecule has 6 heteroatoms. The third kappa shape index (κ3) is 2.94. The summed E-state index contributed by atoms with van der Waals surface area (Å²) in [7, 11) is -3.63. The molecule has 4 nitrogen and oxygen atoms in total. The van der Waals surface area contributed by atoms with Crippen molar-refractivity contribution in [2.75, 3.05) is 10.8 Å². The number of sulfonamides is 1. The van der Waals surface area contributed by atoms with E-state index in [0.717, 1.165) is 5.56 Å². The SMILES string of the molecule is CCN(c1ccc(C)cc1)S(=O)(=O)c1ccnc(Cl)c1. The van der Waals surface area contributed by atoms with E-state index in [1.165, 1.54) is 22.6 Å². The lowest BCUT2D eigenvalue weighted by atomic mass is 10.2. The van der Waals surface area contributed by atoms with E-state index in [4.69, 9.17) is 11.6 Å². The molecule has 106 valence electrons. The van der Waals surface area contributed by atoms with Crippen LogP contribution in [-0.2, 0) is 10.0 Å². The van der Waals surface area contributed by atoms with Gasteiger partial charge in [-0.2, -0.15) is 0 Å². The largest absolute Gasteiger partial charge is 0.267 e. The molecule has 1 aromatic carbocycles. The standard InChI is InChI=1S/C14H15ClN2O2S/c1-3-17(12-6-4-11(2)5-7-12)20(18,19)13-8-9-16-14(15)10-13/h4-10H,3H2,1-2H3. The van der Waals surface area contributed by atoms with Crippen LogP contribution in [0.4, 0.5) is 5.69 Å². The van der Waals surface area contributed by atoms with Gasteiger partial charge < -0.3 is 0 Å². The molecular weight excluding hydrogens is 296 g/mol. The van der Waals surface area contributed by atoms with Crippen LogP contribution in [0.5, 0.6) is 0 Å². The number of pyridine rings is 1. The highest BCUT2D eigenvalue weighted by atomic mass is 35.5. The van der Waals surface area contributed by atoms with E-state index in [9.17, 15) is 8.42 Å². The van der Waals surface area contributed by atoms with Crippen LogP contribution >= 0.6 is 11.6 Å². The molecule has 0 fully saturated rings. The number of anilines is 1. The Balaban J connectivity index is 2.47. The second kappa shape index (κ2) is 5.81. The molecule has 0 aliphatic rings. The summed E-state index contributed by atoms with van der Waals surface area (Å²) in [6, 6.07) is 10.1. The van der Waals surface area contributed by atoms with Crippen LogP contribution in [0.25, 0.3) is 0 Å². The first kappa shape index (κ1) is 14.8. The second-order valence-corrected chi connectivity index (χ2v) is 6.57. The Morgan fingerprint density at radius 2 is 1.85 bits per heavy atom. The van der Waals surface area contributed by atoms with Gasteiger partial charge in [0.05, 0.1) is 10.6 Å². The monoisotopic (exact) mass is 310 g/mol. The number of aryl methyl sites for hydroxylation is 1. The van der Waals surface area contributed by atoms with Crippen LogP contribution in [0, 0.1) is 6.92 Å². The molecule has 0 aliphatic heterocycles. The summed E-state index contributed by atoms with van der Waals surface area (Å²) in [6.45, 7) is 4.09. The van der Waals surface area contributed by atoms with Gasteiger partial charge in [0.25, 0.3) is 10.0 Å². The molecule has 2 aromatic rings. The zero-order chi connectivity index (χ0) is 14.8. The maximum absolute atomic E-state index is 12.6. The predicted molar refractivity (Wildman–Crippen MR) is 80.6 cm³/mol.